The van der Waals surface area contributed by atoms with Gasteiger partial charge in [0.25, 0.3) is 0 Å². The van der Waals surface area contributed by atoms with E-state index in [1.807, 2.05) is 30.3 Å². The van der Waals surface area contributed by atoms with Crippen LogP contribution in [0.2, 0.25) is 0 Å². The molecule has 0 spiro atoms. The summed E-state index contributed by atoms with van der Waals surface area (Å²) in [6, 6.07) is 9.91. The number of ether oxygens (including phenoxy) is 1. The molecule has 0 amide bonds. The van der Waals surface area contributed by atoms with E-state index in [0.29, 0.717) is 11.1 Å². The van der Waals surface area contributed by atoms with Crippen molar-refractivity contribution in [3.63, 3.8) is 0 Å². The monoisotopic (exact) mass is 334 g/mol. The zero-order chi connectivity index (χ0) is 11.1. The molecule has 0 radical (unpaired) electrons. The van der Waals surface area contributed by atoms with E-state index >= 15 is 0 Å². The van der Waals surface area contributed by atoms with Gasteiger partial charge in [0.05, 0.1) is 0 Å². The number of esters is 1. The number of benzene rings is 1. The molecule has 0 N–H and O–H groups in total. The molecule has 1 aromatic rings. The van der Waals surface area contributed by atoms with Gasteiger partial charge in [0.15, 0.2) is 0 Å². The fourth-order valence-electron chi connectivity index (χ4n) is 0.926. The molecule has 1 aromatic carbocycles. The summed E-state index contributed by atoms with van der Waals surface area (Å²) in [7, 11) is 0. The maximum absolute atomic E-state index is 11.5. The van der Waals surface area contributed by atoms with Crippen molar-refractivity contribution in [1.82, 2.24) is 0 Å². The quantitative estimate of drug-likeness (QED) is 0.477. The van der Waals surface area contributed by atoms with Gasteiger partial charge in [-0.05, 0) is 0 Å². The van der Waals surface area contributed by atoms with Crippen LogP contribution in [0.25, 0.3) is 0 Å². The molecule has 15 heavy (non-hydrogen) atoms. The fourth-order valence-corrected chi connectivity index (χ4v) is 3.14. The van der Waals surface area contributed by atoms with Crippen molar-refractivity contribution >= 4 is 41.3 Å². The molecule has 0 aliphatic rings. The number of hydrogen-bond acceptors (Lipinski definition) is 2. The Balaban J connectivity index is 2.67. The summed E-state index contributed by atoms with van der Waals surface area (Å²) in [6.07, 6.45) is 0. The van der Waals surface area contributed by atoms with Gasteiger partial charge < -0.3 is 0 Å². The van der Waals surface area contributed by atoms with E-state index in [1.54, 1.807) is 11.9 Å². The molecule has 0 saturated carbocycles. The molecule has 0 bridgehead atoms. The van der Waals surface area contributed by atoms with Gasteiger partial charge >= 0.3 is 104 Å². The van der Waals surface area contributed by atoms with Crippen LogP contribution >= 0.6 is 15.9 Å². The van der Waals surface area contributed by atoms with E-state index in [-0.39, 0.29) is 20.9 Å². The van der Waals surface area contributed by atoms with Crippen LogP contribution in [-0.2, 0) is 9.53 Å². The number of hydrogen-bond donors (Lipinski definition) is 0. The molecule has 0 aliphatic heterocycles. The average Bonchev–Trinajstić information content (AvgIpc) is 2.27. The SMILES string of the molecule is CCOC(=O)/C(=C\Br)[Se]c1ccccc1. The number of carbonyl (C=O) groups is 1. The van der Waals surface area contributed by atoms with E-state index in [2.05, 4.69) is 15.9 Å². The van der Waals surface area contributed by atoms with Gasteiger partial charge in [-0.3, -0.25) is 0 Å². The number of carbonyl (C=O) groups excluding carboxylic acids is 1. The van der Waals surface area contributed by atoms with E-state index in [0.717, 1.165) is 4.46 Å². The van der Waals surface area contributed by atoms with E-state index in [1.165, 1.54) is 0 Å². The van der Waals surface area contributed by atoms with Crippen LogP contribution < -0.4 is 4.46 Å². The predicted octanol–water partition coefficient (Wildman–Crippen LogP) is 1.82. The maximum atomic E-state index is 11.5. The number of rotatable bonds is 4. The van der Waals surface area contributed by atoms with E-state index < -0.39 is 0 Å². The molecule has 0 fully saturated rings. The molecule has 1 rings (SSSR count). The summed E-state index contributed by atoms with van der Waals surface area (Å²) in [4.78, 5) is 13.1. The Morgan fingerprint density at radius 3 is 2.67 bits per heavy atom. The van der Waals surface area contributed by atoms with Crippen molar-refractivity contribution in [2.45, 2.75) is 6.92 Å². The van der Waals surface area contributed by atoms with Crippen LogP contribution in [0.1, 0.15) is 6.92 Å². The topological polar surface area (TPSA) is 26.3 Å². The number of halogens is 1. The van der Waals surface area contributed by atoms with Gasteiger partial charge in [0.2, 0.25) is 0 Å². The standard InChI is InChI=1S/C11H11BrO2Se/c1-2-14-11(13)10(8-12)15-9-6-4-3-5-7-9/h3-8H,2H2,1H3/b10-8+. The third kappa shape index (κ3) is 4.20. The first-order valence-electron chi connectivity index (χ1n) is 4.48. The Bertz CT molecular complexity index is 349. The Hall–Kier alpha value is -0.571. The zero-order valence-corrected chi connectivity index (χ0v) is 11.6. The summed E-state index contributed by atoms with van der Waals surface area (Å²) in [5, 5.41) is 0. The van der Waals surface area contributed by atoms with Crippen molar-refractivity contribution in [3.8, 4) is 0 Å². The molecular weight excluding hydrogens is 323 g/mol. The van der Waals surface area contributed by atoms with Gasteiger partial charge in [-0.1, -0.05) is 0 Å². The van der Waals surface area contributed by atoms with Crippen molar-refractivity contribution in [2.24, 2.45) is 0 Å². The normalized spacial score (nSPS) is 11.2. The minimum absolute atomic E-state index is 0.00296. The van der Waals surface area contributed by atoms with Crippen LogP contribution in [0.4, 0.5) is 0 Å². The van der Waals surface area contributed by atoms with Crippen molar-refractivity contribution in [1.29, 1.82) is 0 Å². The predicted molar refractivity (Wildman–Crippen MR) is 65.5 cm³/mol. The fraction of sp³-hybridized carbons (Fsp3) is 0.182. The van der Waals surface area contributed by atoms with Crippen LogP contribution in [0, 0.1) is 0 Å². The Kier molecular flexibility index (Phi) is 5.69. The summed E-state index contributed by atoms with van der Waals surface area (Å²) >= 11 is 3.19. The molecule has 0 unspecified atom stereocenters. The summed E-state index contributed by atoms with van der Waals surface area (Å²) < 4.78 is 6.79. The van der Waals surface area contributed by atoms with E-state index in [9.17, 15) is 4.79 Å². The molecule has 0 atom stereocenters. The van der Waals surface area contributed by atoms with Gasteiger partial charge in [0.1, 0.15) is 0 Å². The van der Waals surface area contributed by atoms with Crippen molar-refractivity contribution in [3.05, 3.63) is 39.8 Å². The van der Waals surface area contributed by atoms with Gasteiger partial charge in [-0.25, -0.2) is 0 Å². The Morgan fingerprint density at radius 2 is 2.13 bits per heavy atom. The Labute approximate surface area is 104 Å². The van der Waals surface area contributed by atoms with Crippen LogP contribution in [0.3, 0.4) is 0 Å². The first-order chi connectivity index (χ1) is 7.27. The summed E-state index contributed by atoms with van der Waals surface area (Å²) in [5.41, 5.74) is 0. The Morgan fingerprint density at radius 1 is 1.47 bits per heavy atom. The molecular formula is C11H11BrO2Se. The first-order valence-corrected chi connectivity index (χ1v) is 7.11. The molecule has 0 heterocycles. The second kappa shape index (κ2) is 6.83. The van der Waals surface area contributed by atoms with Crippen molar-refractivity contribution in [2.75, 3.05) is 6.61 Å². The van der Waals surface area contributed by atoms with Crippen LogP contribution in [0.5, 0.6) is 0 Å². The molecule has 4 heteroatoms. The molecule has 0 aliphatic carbocycles. The van der Waals surface area contributed by atoms with Gasteiger partial charge in [-0.2, -0.15) is 0 Å². The zero-order valence-electron chi connectivity index (χ0n) is 8.27. The third-order valence-corrected chi connectivity index (χ3v) is 4.81. The molecule has 80 valence electrons. The van der Waals surface area contributed by atoms with Crippen LogP contribution in [0.15, 0.2) is 39.8 Å². The van der Waals surface area contributed by atoms with E-state index in [4.69, 9.17) is 4.74 Å². The summed E-state index contributed by atoms with van der Waals surface area (Å²) in [6.45, 7) is 2.22. The second-order valence-electron chi connectivity index (χ2n) is 2.61. The van der Waals surface area contributed by atoms with Crippen molar-refractivity contribution < 1.29 is 9.53 Å². The molecule has 0 aromatic heterocycles. The summed E-state index contributed by atoms with van der Waals surface area (Å²) in [5.74, 6) is -0.238. The van der Waals surface area contributed by atoms with Gasteiger partial charge in [0, 0.05) is 0 Å². The van der Waals surface area contributed by atoms with Crippen LogP contribution in [-0.4, -0.2) is 27.5 Å². The second-order valence-corrected chi connectivity index (χ2v) is 5.41. The minimum atomic E-state index is -0.238. The molecule has 2 nitrogen and oxygen atoms in total. The molecule has 0 saturated heterocycles. The first kappa shape index (κ1) is 12.5. The third-order valence-electron chi connectivity index (χ3n) is 1.55. The van der Waals surface area contributed by atoms with Gasteiger partial charge in [-0.15, -0.1) is 0 Å². The average molecular weight is 334 g/mol.